The molecule has 7 nitrogen and oxygen atoms in total. The summed E-state index contributed by atoms with van der Waals surface area (Å²) in [7, 11) is 1.54. The summed E-state index contributed by atoms with van der Waals surface area (Å²) in [6.45, 7) is 4.67. The van der Waals surface area contributed by atoms with Crippen molar-refractivity contribution < 1.29 is 23.9 Å². The third-order valence-corrected chi connectivity index (χ3v) is 5.84. The molecule has 1 fully saturated rings. The maximum Gasteiger partial charge on any atom is 0.293 e. The van der Waals surface area contributed by atoms with E-state index in [4.69, 9.17) is 9.47 Å². The highest BCUT2D eigenvalue weighted by molar-refractivity contribution is 8.18. The average Bonchev–Trinajstić information content (AvgIpc) is 3.04. The number of amides is 3. The van der Waals surface area contributed by atoms with E-state index in [0.29, 0.717) is 23.0 Å². The number of thioether (sulfide) groups is 1. The number of ether oxygens (including phenoxy) is 2. The van der Waals surface area contributed by atoms with Crippen LogP contribution in [-0.4, -0.2) is 48.8 Å². The van der Waals surface area contributed by atoms with Crippen LogP contribution in [0.3, 0.4) is 0 Å². The van der Waals surface area contributed by atoms with Crippen LogP contribution in [0.5, 0.6) is 11.5 Å². The van der Waals surface area contributed by atoms with Gasteiger partial charge in [-0.2, -0.15) is 0 Å². The SMILES string of the molecule is CCOc1ccc(/C=C2\SC(=O)N(CCNC(=O)Cc3ccccc3C)C2=O)cc1OC. The highest BCUT2D eigenvalue weighted by Gasteiger charge is 2.34. The highest BCUT2D eigenvalue weighted by atomic mass is 32.2. The van der Waals surface area contributed by atoms with Crippen LogP contribution < -0.4 is 14.8 Å². The van der Waals surface area contributed by atoms with E-state index < -0.39 is 0 Å². The predicted octanol–water partition coefficient (Wildman–Crippen LogP) is 3.80. The first kappa shape index (κ1) is 23.4. The molecule has 1 saturated heterocycles. The number of nitrogens with one attached hydrogen (secondary N) is 1. The molecule has 2 aromatic carbocycles. The summed E-state index contributed by atoms with van der Waals surface area (Å²) in [5.74, 6) is 0.641. The van der Waals surface area contributed by atoms with E-state index in [1.54, 1.807) is 31.4 Å². The van der Waals surface area contributed by atoms with Crippen molar-refractivity contribution in [2.45, 2.75) is 20.3 Å². The lowest BCUT2D eigenvalue weighted by Gasteiger charge is -2.13. The van der Waals surface area contributed by atoms with Crippen LogP contribution in [0, 0.1) is 6.92 Å². The van der Waals surface area contributed by atoms with Crippen LogP contribution in [0.4, 0.5) is 4.79 Å². The molecule has 0 atom stereocenters. The lowest BCUT2D eigenvalue weighted by atomic mass is 10.1. The van der Waals surface area contributed by atoms with Gasteiger partial charge in [0.25, 0.3) is 11.1 Å². The average molecular weight is 455 g/mol. The Kier molecular flexibility index (Phi) is 7.94. The summed E-state index contributed by atoms with van der Waals surface area (Å²) < 4.78 is 10.8. The minimum atomic E-state index is -0.374. The fourth-order valence-corrected chi connectivity index (χ4v) is 4.11. The Morgan fingerprint density at radius 3 is 2.66 bits per heavy atom. The van der Waals surface area contributed by atoms with Crippen molar-refractivity contribution in [1.82, 2.24) is 10.2 Å². The molecule has 2 aromatic rings. The van der Waals surface area contributed by atoms with Crippen molar-refractivity contribution in [3.63, 3.8) is 0 Å². The third-order valence-electron chi connectivity index (χ3n) is 4.93. The number of benzene rings is 2. The largest absolute Gasteiger partial charge is 0.493 e. The second-order valence-electron chi connectivity index (χ2n) is 7.13. The minimum absolute atomic E-state index is 0.119. The van der Waals surface area contributed by atoms with Crippen molar-refractivity contribution in [2.24, 2.45) is 0 Å². The van der Waals surface area contributed by atoms with E-state index >= 15 is 0 Å². The molecular weight excluding hydrogens is 428 g/mol. The van der Waals surface area contributed by atoms with Gasteiger partial charge in [-0.25, -0.2) is 0 Å². The first-order chi connectivity index (χ1) is 15.4. The summed E-state index contributed by atoms with van der Waals surface area (Å²) in [6, 6.07) is 13.0. The zero-order chi connectivity index (χ0) is 23.1. The van der Waals surface area contributed by atoms with Gasteiger partial charge in [-0.3, -0.25) is 19.3 Å². The van der Waals surface area contributed by atoms with Crippen LogP contribution in [0.15, 0.2) is 47.4 Å². The molecule has 1 N–H and O–H groups in total. The van der Waals surface area contributed by atoms with Gasteiger partial charge < -0.3 is 14.8 Å². The molecule has 0 unspecified atom stereocenters. The van der Waals surface area contributed by atoms with Gasteiger partial charge >= 0.3 is 0 Å². The monoisotopic (exact) mass is 454 g/mol. The van der Waals surface area contributed by atoms with Gasteiger partial charge in [0.05, 0.1) is 25.0 Å². The fraction of sp³-hybridized carbons (Fsp3) is 0.292. The van der Waals surface area contributed by atoms with Crippen molar-refractivity contribution in [2.75, 3.05) is 26.8 Å². The Balaban J connectivity index is 1.58. The number of carbonyl (C=O) groups is 3. The van der Waals surface area contributed by atoms with Crippen molar-refractivity contribution in [3.8, 4) is 11.5 Å². The van der Waals surface area contributed by atoms with Crippen LogP contribution in [0.1, 0.15) is 23.6 Å². The number of imide groups is 1. The van der Waals surface area contributed by atoms with Gasteiger partial charge in [-0.1, -0.05) is 30.3 Å². The number of hydrogen-bond donors (Lipinski definition) is 1. The molecule has 1 heterocycles. The normalized spacial score (nSPS) is 14.7. The molecule has 8 heteroatoms. The topological polar surface area (TPSA) is 84.9 Å². The number of hydrogen-bond acceptors (Lipinski definition) is 6. The van der Waals surface area contributed by atoms with Gasteiger partial charge in [0.2, 0.25) is 5.91 Å². The molecule has 32 heavy (non-hydrogen) atoms. The van der Waals surface area contributed by atoms with Crippen LogP contribution >= 0.6 is 11.8 Å². The maximum atomic E-state index is 12.7. The predicted molar refractivity (Wildman–Crippen MR) is 125 cm³/mol. The standard InChI is InChI=1S/C24H26N2O5S/c1-4-31-19-10-9-17(13-20(19)30-3)14-21-23(28)26(24(29)32-21)12-11-25-22(27)15-18-8-6-5-7-16(18)2/h5-10,13-14H,4,11-12,15H2,1-3H3,(H,25,27)/b21-14-. The quantitative estimate of drug-likeness (QED) is 0.580. The van der Waals surface area contributed by atoms with E-state index in [-0.39, 0.29) is 36.6 Å². The summed E-state index contributed by atoms with van der Waals surface area (Å²) in [5.41, 5.74) is 2.72. The van der Waals surface area contributed by atoms with Gasteiger partial charge in [0.15, 0.2) is 11.5 Å². The zero-order valence-corrected chi connectivity index (χ0v) is 19.2. The number of nitrogens with zero attached hydrogens (tertiary/aromatic N) is 1. The van der Waals surface area contributed by atoms with Crippen LogP contribution in [0.2, 0.25) is 0 Å². The van der Waals surface area contributed by atoms with E-state index in [1.807, 2.05) is 38.1 Å². The molecule has 3 rings (SSSR count). The van der Waals surface area contributed by atoms with Crippen molar-refractivity contribution in [1.29, 1.82) is 0 Å². The number of carbonyl (C=O) groups excluding carboxylic acids is 3. The molecule has 168 valence electrons. The number of methoxy groups -OCH3 is 1. The number of aryl methyl sites for hydroxylation is 1. The lowest BCUT2D eigenvalue weighted by Crippen LogP contribution is -2.37. The van der Waals surface area contributed by atoms with E-state index in [2.05, 4.69) is 5.32 Å². The Morgan fingerprint density at radius 1 is 1.16 bits per heavy atom. The molecule has 0 radical (unpaired) electrons. The zero-order valence-electron chi connectivity index (χ0n) is 18.3. The number of rotatable bonds is 9. The van der Waals surface area contributed by atoms with Crippen LogP contribution in [-0.2, 0) is 16.0 Å². The third kappa shape index (κ3) is 5.70. The summed E-state index contributed by atoms with van der Waals surface area (Å²) in [4.78, 5) is 38.7. The van der Waals surface area contributed by atoms with Gasteiger partial charge in [0, 0.05) is 13.1 Å². The Hall–Kier alpha value is -3.26. The molecule has 0 bridgehead atoms. The first-order valence-corrected chi connectivity index (χ1v) is 11.1. The molecule has 1 aliphatic heterocycles. The smallest absolute Gasteiger partial charge is 0.293 e. The minimum Gasteiger partial charge on any atom is -0.493 e. The fourth-order valence-electron chi connectivity index (χ4n) is 3.24. The Morgan fingerprint density at radius 2 is 1.94 bits per heavy atom. The Bertz CT molecular complexity index is 1050. The highest BCUT2D eigenvalue weighted by Crippen LogP contribution is 2.34. The molecule has 0 spiro atoms. The van der Waals surface area contributed by atoms with Crippen molar-refractivity contribution >= 4 is 34.9 Å². The van der Waals surface area contributed by atoms with E-state index in [1.165, 1.54) is 0 Å². The van der Waals surface area contributed by atoms with Gasteiger partial charge in [-0.15, -0.1) is 0 Å². The van der Waals surface area contributed by atoms with Gasteiger partial charge in [-0.05, 0) is 60.5 Å². The summed E-state index contributed by atoms with van der Waals surface area (Å²) in [5, 5.41) is 2.43. The first-order valence-electron chi connectivity index (χ1n) is 10.3. The summed E-state index contributed by atoms with van der Waals surface area (Å²) in [6.07, 6.45) is 1.91. The summed E-state index contributed by atoms with van der Waals surface area (Å²) >= 11 is 0.882. The maximum absolute atomic E-state index is 12.7. The van der Waals surface area contributed by atoms with Crippen molar-refractivity contribution in [3.05, 3.63) is 64.1 Å². The lowest BCUT2D eigenvalue weighted by molar-refractivity contribution is -0.124. The van der Waals surface area contributed by atoms with E-state index in [0.717, 1.165) is 33.4 Å². The molecule has 3 amide bonds. The molecule has 0 aromatic heterocycles. The molecule has 0 aliphatic carbocycles. The van der Waals surface area contributed by atoms with Gasteiger partial charge in [0.1, 0.15) is 0 Å². The molecular formula is C24H26N2O5S. The molecule has 1 aliphatic rings. The molecule has 0 saturated carbocycles. The van der Waals surface area contributed by atoms with E-state index in [9.17, 15) is 14.4 Å². The second kappa shape index (κ2) is 10.9. The second-order valence-corrected chi connectivity index (χ2v) is 8.12. The Labute approximate surface area is 191 Å². The van der Waals surface area contributed by atoms with Crippen LogP contribution in [0.25, 0.3) is 6.08 Å².